The van der Waals surface area contributed by atoms with Crippen molar-refractivity contribution in [1.29, 1.82) is 0 Å². The lowest BCUT2D eigenvalue weighted by Crippen LogP contribution is -2.25. The Morgan fingerprint density at radius 3 is 2.50 bits per heavy atom. The van der Waals surface area contributed by atoms with Crippen LogP contribution < -0.4 is 5.32 Å². The molecule has 0 bridgehead atoms. The first-order chi connectivity index (χ1) is 11.7. The van der Waals surface area contributed by atoms with Gasteiger partial charge in [0.25, 0.3) is 5.91 Å². The maximum atomic E-state index is 12.2. The maximum absolute atomic E-state index is 12.2. The van der Waals surface area contributed by atoms with E-state index >= 15 is 0 Å². The fraction of sp³-hybridized carbons (Fsp3) is 0.0588. The molecular weight excluding hydrogens is 326 g/mol. The molecule has 0 aliphatic heterocycles. The van der Waals surface area contributed by atoms with Gasteiger partial charge in [-0.2, -0.15) is 0 Å². The molecule has 7 heteroatoms. The third-order valence-corrected chi connectivity index (χ3v) is 4.27. The minimum absolute atomic E-state index is 0.261. The number of carbonyl (C=O) groups is 2. The van der Waals surface area contributed by atoms with E-state index in [4.69, 9.17) is 5.21 Å². The molecule has 2 aromatic carbocycles. The second kappa shape index (κ2) is 7.01. The zero-order valence-electron chi connectivity index (χ0n) is 12.5. The van der Waals surface area contributed by atoms with Gasteiger partial charge in [-0.05, 0) is 12.1 Å². The van der Waals surface area contributed by atoms with Crippen molar-refractivity contribution < 1.29 is 14.8 Å². The molecule has 0 radical (unpaired) electrons. The molecule has 0 aliphatic rings. The largest absolute Gasteiger partial charge is 0.410 e. The van der Waals surface area contributed by atoms with Gasteiger partial charge in [-0.15, -0.1) is 0 Å². The molecule has 24 heavy (non-hydrogen) atoms. The molecule has 6 nitrogen and oxygen atoms in total. The van der Waals surface area contributed by atoms with E-state index in [1.807, 2.05) is 24.3 Å². The van der Waals surface area contributed by atoms with Crippen molar-refractivity contribution in [3.05, 3.63) is 60.2 Å². The molecule has 2 N–H and O–H groups in total. The van der Waals surface area contributed by atoms with Gasteiger partial charge in [0.15, 0.2) is 16.6 Å². The predicted molar refractivity (Wildman–Crippen MR) is 92.9 cm³/mol. The smallest absolute Gasteiger partial charge is 0.275 e. The Morgan fingerprint density at radius 1 is 1.08 bits per heavy atom. The normalized spacial score (nSPS) is 11.4. The summed E-state index contributed by atoms with van der Waals surface area (Å²) in [5.41, 5.74) is 0.954. The van der Waals surface area contributed by atoms with Gasteiger partial charge in [0.1, 0.15) is 0 Å². The number of hydrogen-bond acceptors (Lipinski definition) is 6. The van der Waals surface area contributed by atoms with E-state index in [0.29, 0.717) is 10.7 Å². The first-order valence-electron chi connectivity index (χ1n) is 7.13. The van der Waals surface area contributed by atoms with Crippen molar-refractivity contribution in [1.82, 2.24) is 4.98 Å². The van der Waals surface area contributed by atoms with E-state index in [9.17, 15) is 9.59 Å². The Labute approximate surface area is 141 Å². The van der Waals surface area contributed by atoms with Crippen LogP contribution in [0.25, 0.3) is 10.2 Å². The van der Waals surface area contributed by atoms with Crippen LogP contribution in [0.4, 0.5) is 5.13 Å². The summed E-state index contributed by atoms with van der Waals surface area (Å²) >= 11 is 1.30. The molecule has 3 rings (SSSR count). The van der Waals surface area contributed by atoms with E-state index in [1.54, 1.807) is 30.3 Å². The number of amides is 1. The van der Waals surface area contributed by atoms with Crippen molar-refractivity contribution in [2.45, 2.75) is 6.42 Å². The zero-order chi connectivity index (χ0) is 16.9. The monoisotopic (exact) mass is 339 g/mol. The van der Waals surface area contributed by atoms with Gasteiger partial charge in [-0.1, -0.05) is 59.0 Å². The van der Waals surface area contributed by atoms with Crippen molar-refractivity contribution in [2.24, 2.45) is 5.16 Å². The van der Waals surface area contributed by atoms with Gasteiger partial charge in [-0.3, -0.25) is 14.9 Å². The summed E-state index contributed by atoms with van der Waals surface area (Å²) in [4.78, 5) is 28.6. The van der Waals surface area contributed by atoms with Crippen LogP contribution >= 0.6 is 11.3 Å². The highest BCUT2D eigenvalue weighted by Gasteiger charge is 2.19. The van der Waals surface area contributed by atoms with Crippen LogP contribution in [0.5, 0.6) is 0 Å². The van der Waals surface area contributed by atoms with Crippen molar-refractivity contribution >= 4 is 44.1 Å². The number of para-hydroxylation sites is 1. The molecular formula is C17H13N3O3S. The van der Waals surface area contributed by atoms with E-state index in [0.717, 1.165) is 10.2 Å². The molecule has 0 aliphatic carbocycles. The van der Waals surface area contributed by atoms with Gasteiger partial charge < -0.3 is 5.21 Å². The van der Waals surface area contributed by atoms with Crippen LogP contribution in [0.1, 0.15) is 16.8 Å². The van der Waals surface area contributed by atoms with Crippen LogP contribution in [0.15, 0.2) is 59.8 Å². The Balaban J connectivity index is 1.71. The standard InChI is InChI=1S/C17H13N3O3S/c21-14(11-6-2-1-3-7-11)10-13(20-23)16(22)19-17-18-12-8-4-5-9-15(12)24-17/h1-9,23H,10H2,(H,18,19,22). The summed E-state index contributed by atoms with van der Waals surface area (Å²) in [5.74, 6) is -0.955. The number of rotatable bonds is 5. The minimum atomic E-state index is -0.652. The van der Waals surface area contributed by atoms with Crippen molar-refractivity contribution in [3.63, 3.8) is 0 Å². The molecule has 1 aromatic heterocycles. The molecule has 0 atom stereocenters. The maximum Gasteiger partial charge on any atom is 0.275 e. The average molecular weight is 339 g/mol. The number of Topliss-reactive ketones (excluding diaryl/α,β-unsaturated/α-hetero) is 1. The number of carbonyl (C=O) groups excluding carboxylic acids is 2. The number of nitrogens with zero attached hydrogens (tertiary/aromatic N) is 2. The van der Waals surface area contributed by atoms with Crippen LogP contribution in [0, 0.1) is 0 Å². The van der Waals surface area contributed by atoms with Crippen molar-refractivity contribution in [3.8, 4) is 0 Å². The lowest BCUT2D eigenvalue weighted by Gasteiger charge is -2.04. The number of aromatic nitrogens is 1. The summed E-state index contributed by atoms with van der Waals surface area (Å²) < 4.78 is 0.927. The summed E-state index contributed by atoms with van der Waals surface area (Å²) in [6.45, 7) is 0. The lowest BCUT2D eigenvalue weighted by molar-refractivity contribution is -0.110. The Morgan fingerprint density at radius 2 is 1.79 bits per heavy atom. The molecule has 0 saturated heterocycles. The number of anilines is 1. The van der Waals surface area contributed by atoms with E-state index in [-0.39, 0.29) is 17.9 Å². The minimum Gasteiger partial charge on any atom is -0.410 e. The molecule has 0 spiro atoms. The summed E-state index contributed by atoms with van der Waals surface area (Å²) in [6.07, 6.45) is -0.294. The number of nitrogens with one attached hydrogen (secondary N) is 1. The quantitative estimate of drug-likeness (QED) is 0.323. The molecule has 3 aromatic rings. The zero-order valence-corrected chi connectivity index (χ0v) is 13.3. The number of benzene rings is 2. The van der Waals surface area contributed by atoms with Crippen molar-refractivity contribution in [2.75, 3.05) is 5.32 Å². The molecule has 0 fully saturated rings. The third kappa shape index (κ3) is 3.47. The number of oxime groups is 1. The fourth-order valence-electron chi connectivity index (χ4n) is 2.13. The van der Waals surface area contributed by atoms with E-state index in [2.05, 4.69) is 15.5 Å². The lowest BCUT2D eigenvalue weighted by atomic mass is 10.1. The SMILES string of the molecule is O=C(Nc1nc2ccccc2s1)C(CC(=O)c1ccccc1)=NO. The first kappa shape index (κ1) is 15.8. The topological polar surface area (TPSA) is 91.7 Å². The predicted octanol–water partition coefficient (Wildman–Crippen LogP) is 3.34. The number of ketones is 1. The highest BCUT2D eigenvalue weighted by atomic mass is 32.1. The van der Waals surface area contributed by atoms with E-state index in [1.165, 1.54) is 11.3 Å². The van der Waals surface area contributed by atoms with Gasteiger partial charge in [0.2, 0.25) is 0 Å². The summed E-state index contributed by atoms with van der Waals surface area (Å²) in [7, 11) is 0. The molecule has 0 unspecified atom stereocenters. The molecule has 1 heterocycles. The number of hydrogen-bond donors (Lipinski definition) is 2. The van der Waals surface area contributed by atoms with Crippen LogP contribution in [-0.2, 0) is 4.79 Å². The summed E-state index contributed by atoms with van der Waals surface area (Å²) in [5, 5.41) is 15.0. The third-order valence-electron chi connectivity index (χ3n) is 3.32. The number of fused-ring (bicyclic) bond motifs is 1. The fourth-order valence-corrected chi connectivity index (χ4v) is 3.00. The van der Waals surface area contributed by atoms with Gasteiger partial charge in [-0.25, -0.2) is 4.98 Å². The average Bonchev–Trinajstić information content (AvgIpc) is 3.02. The Kier molecular flexibility index (Phi) is 4.62. The highest BCUT2D eigenvalue weighted by molar-refractivity contribution is 7.22. The second-order valence-electron chi connectivity index (χ2n) is 4.95. The molecule has 0 saturated carbocycles. The van der Waals surface area contributed by atoms with Gasteiger partial charge in [0, 0.05) is 5.56 Å². The van der Waals surface area contributed by atoms with Crippen LogP contribution in [0.3, 0.4) is 0 Å². The van der Waals surface area contributed by atoms with E-state index < -0.39 is 5.91 Å². The second-order valence-corrected chi connectivity index (χ2v) is 5.98. The Bertz CT molecular complexity index is 886. The molecule has 1 amide bonds. The first-order valence-corrected chi connectivity index (χ1v) is 7.95. The molecule has 120 valence electrons. The van der Waals surface area contributed by atoms with Gasteiger partial charge in [0.05, 0.1) is 16.6 Å². The van der Waals surface area contributed by atoms with Gasteiger partial charge >= 0.3 is 0 Å². The number of thiazole rings is 1. The van der Waals surface area contributed by atoms with Crippen LogP contribution in [0.2, 0.25) is 0 Å². The summed E-state index contributed by atoms with van der Waals surface area (Å²) in [6, 6.07) is 16.0. The van der Waals surface area contributed by atoms with Crippen LogP contribution in [-0.4, -0.2) is 27.6 Å². The Hall–Kier alpha value is -3.06. The highest BCUT2D eigenvalue weighted by Crippen LogP contribution is 2.25.